The fraction of sp³-hybridized carbons (Fsp3) is 0.214. The van der Waals surface area contributed by atoms with Gasteiger partial charge in [-0.05, 0) is 31.5 Å². The number of nitrogens with zero attached hydrogens (tertiary/aromatic N) is 1. The normalized spacial score (nSPS) is 22.1. The van der Waals surface area contributed by atoms with Crippen LogP contribution in [0.5, 0.6) is 0 Å². The van der Waals surface area contributed by atoms with Gasteiger partial charge in [0.15, 0.2) is 0 Å². The van der Waals surface area contributed by atoms with E-state index in [-0.39, 0.29) is 0 Å². The highest BCUT2D eigenvalue weighted by Crippen LogP contribution is 2.49. The van der Waals surface area contributed by atoms with Gasteiger partial charge in [0.05, 0.1) is 10.2 Å². The molecule has 0 aliphatic carbocycles. The Morgan fingerprint density at radius 2 is 1.94 bits per heavy atom. The summed E-state index contributed by atoms with van der Waals surface area (Å²) in [5, 5.41) is 10.1. The lowest BCUT2D eigenvalue weighted by molar-refractivity contribution is 1.41. The van der Waals surface area contributed by atoms with Crippen LogP contribution in [0.15, 0.2) is 40.8 Å². The Balaban J connectivity index is 2.54. The van der Waals surface area contributed by atoms with E-state index in [4.69, 9.17) is 11.6 Å². The van der Waals surface area contributed by atoms with Crippen LogP contribution in [0.4, 0.5) is 0 Å². The highest BCUT2D eigenvalue weighted by atomic mass is 35.5. The van der Waals surface area contributed by atoms with Gasteiger partial charge in [0.2, 0.25) is 0 Å². The van der Waals surface area contributed by atoms with Gasteiger partial charge in [-0.25, -0.2) is 0 Å². The van der Waals surface area contributed by atoms with Crippen LogP contribution in [0, 0.1) is 11.3 Å². The summed E-state index contributed by atoms with van der Waals surface area (Å²) in [6, 6.07) is 9.99. The molecule has 1 heterocycles. The summed E-state index contributed by atoms with van der Waals surface area (Å²) in [6.45, 7) is 4.13. The molecule has 92 valence electrons. The lowest BCUT2D eigenvalue weighted by Crippen LogP contribution is -2.02. The largest absolute Gasteiger partial charge is 0.192 e. The molecule has 0 spiro atoms. The van der Waals surface area contributed by atoms with Gasteiger partial charge < -0.3 is 0 Å². The highest BCUT2D eigenvalue weighted by molar-refractivity contribution is 8.23. The van der Waals surface area contributed by atoms with Crippen molar-refractivity contribution >= 4 is 40.0 Å². The monoisotopic (exact) mass is 293 g/mol. The first kappa shape index (κ1) is 13.6. The second kappa shape index (κ2) is 5.88. The van der Waals surface area contributed by atoms with Crippen LogP contribution in [-0.2, 0) is 0 Å². The zero-order valence-electron chi connectivity index (χ0n) is 10.1. The van der Waals surface area contributed by atoms with Crippen molar-refractivity contribution < 1.29 is 0 Å². The van der Waals surface area contributed by atoms with Crippen molar-refractivity contribution in [3.05, 3.63) is 51.4 Å². The summed E-state index contributed by atoms with van der Waals surface area (Å²) in [6.07, 6.45) is 2.01. The molecule has 1 aromatic carbocycles. The molecular weight excluding hydrogens is 282 g/mol. The van der Waals surface area contributed by atoms with E-state index >= 15 is 0 Å². The van der Waals surface area contributed by atoms with E-state index in [9.17, 15) is 5.26 Å². The van der Waals surface area contributed by atoms with Crippen molar-refractivity contribution in [2.24, 2.45) is 0 Å². The average molecular weight is 294 g/mol. The summed E-state index contributed by atoms with van der Waals surface area (Å²) in [7, 11) is 0. The lowest BCUT2D eigenvalue weighted by atomic mass is 10.1. The molecule has 0 amide bonds. The van der Waals surface area contributed by atoms with E-state index in [0.717, 1.165) is 20.9 Å². The molecule has 4 heteroatoms. The van der Waals surface area contributed by atoms with Crippen LogP contribution < -0.4 is 0 Å². The van der Waals surface area contributed by atoms with Crippen molar-refractivity contribution in [3.8, 4) is 6.07 Å². The minimum absolute atomic E-state index is 0.416. The highest BCUT2D eigenvalue weighted by Gasteiger charge is 2.24. The van der Waals surface area contributed by atoms with Gasteiger partial charge in [-0.15, -0.1) is 23.5 Å². The third kappa shape index (κ3) is 2.77. The van der Waals surface area contributed by atoms with Gasteiger partial charge >= 0.3 is 0 Å². The fourth-order valence-corrected chi connectivity index (χ4v) is 4.35. The minimum atomic E-state index is 0.416. The summed E-state index contributed by atoms with van der Waals surface area (Å²) >= 11 is 9.37. The SMILES string of the molecule is C/C=C1/SC(C)SC(c2ccc(Cl)cc2)=C1C#N. The second-order valence-corrected chi connectivity index (χ2v) is 7.25. The zero-order chi connectivity index (χ0) is 13.1. The van der Waals surface area contributed by atoms with Crippen molar-refractivity contribution in [1.29, 1.82) is 5.26 Å². The Kier molecular flexibility index (Phi) is 4.45. The Morgan fingerprint density at radius 3 is 2.50 bits per heavy atom. The first-order chi connectivity index (χ1) is 8.65. The summed E-state index contributed by atoms with van der Waals surface area (Å²) in [5.41, 5.74) is 1.83. The number of allylic oxidation sites excluding steroid dienone is 2. The predicted molar refractivity (Wildman–Crippen MR) is 82.4 cm³/mol. The Hall–Kier alpha value is -0.820. The number of hydrogen-bond acceptors (Lipinski definition) is 3. The summed E-state index contributed by atoms with van der Waals surface area (Å²) in [5.74, 6) is 0. The fourth-order valence-electron chi connectivity index (χ4n) is 1.73. The molecule has 18 heavy (non-hydrogen) atoms. The maximum atomic E-state index is 9.36. The summed E-state index contributed by atoms with van der Waals surface area (Å²) in [4.78, 5) is 2.11. The maximum Gasteiger partial charge on any atom is 0.101 e. The first-order valence-electron chi connectivity index (χ1n) is 5.56. The van der Waals surface area contributed by atoms with E-state index in [1.54, 1.807) is 23.5 Å². The first-order valence-corrected chi connectivity index (χ1v) is 7.69. The number of benzene rings is 1. The van der Waals surface area contributed by atoms with Gasteiger partial charge in [-0.1, -0.05) is 29.8 Å². The predicted octanol–water partition coefficient (Wildman–Crippen LogP) is 5.30. The number of halogens is 1. The van der Waals surface area contributed by atoms with E-state index in [1.165, 1.54) is 0 Å². The number of rotatable bonds is 1. The molecule has 1 nitrogen and oxygen atoms in total. The lowest BCUT2D eigenvalue weighted by Gasteiger charge is -2.23. The Bertz CT molecular complexity index is 552. The molecule has 0 saturated carbocycles. The molecule has 0 fully saturated rings. The van der Waals surface area contributed by atoms with Crippen LogP contribution in [0.25, 0.3) is 4.91 Å². The van der Waals surface area contributed by atoms with Crippen LogP contribution in [0.1, 0.15) is 19.4 Å². The van der Waals surface area contributed by atoms with Crippen molar-refractivity contribution in [2.75, 3.05) is 0 Å². The van der Waals surface area contributed by atoms with Gasteiger partial charge in [-0.2, -0.15) is 5.26 Å². The minimum Gasteiger partial charge on any atom is -0.192 e. The number of thioether (sulfide) groups is 2. The second-order valence-electron chi connectivity index (χ2n) is 3.78. The van der Waals surface area contributed by atoms with Crippen LogP contribution in [0.3, 0.4) is 0 Å². The molecule has 1 unspecified atom stereocenters. The molecule has 0 N–H and O–H groups in total. The maximum absolute atomic E-state index is 9.36. The van der Waals surface area contributed by atoms with Crippen LogP contribution in [0.2, 0.25) is 5.02 Å². The molecule has 0 radical (unpaired) electrons. The third-order valence-electron chi connectivity index (χ3n) is 2.53. The van der Waals surface area contributed by atoms with E-state index in [1.807, 2.05) is 37.3 Å². The topological polar surface area (TPSA) is 23.8 Å². The number of nitriles is 1. The molecule has 1 aliphatic rings. The Labute approximate surface area is 121 Å². The van der Waals surface area contributed by atoms with E-state index in [0.29, 0.717) is 9.60 Å². The molecule has 1 aliphatic heterocycles. The summed E-state index contributed by atoms with van der Waals surface area (Å²) < 4.78 is 0.416. The van der Waals surface area contributed by atoms with Gasteiger partial charge in [0.25, 0.3) is 0 Å². The number of hydrogen-bond donors (Lipinski definition) is 0. The van der Waals surface area contributed by atoms with Gasteiger partial charge in [0.1, 0.15) is 6.07 Å². The van der Waals surface area contributed by atoms with Gasteiger partial charge in [-0.3, -0.25) is 0 Å². The quantitative estimate of drug-likeness (QED) is 0.701. The molecule has 0 aromatic heterocycles. The van der Waals surface area contributed by atoms with Crippen molar-refractivity contribution in [2.45, 2.75) is 18.4 Å². The van der Waals surface area contributed by atoms with Crippen LogP contribution in [-0.4, -0.2) is 4.58 Å². The van der Waals surface area contributed by atoms with Crippen molar-refractivity contribution in [1.82, 2.24) is 0 Å². The molecule has 0 saturated heterocycles. The molecule has 0 bridgehead atoms. The average Bonchev–Trinajstić information content (AvgIpc) is 2.38. The standard InChI is InChI=1S/C14H12ClNS2/c1-3-13-12(8-16)14(18-9(2)17-13)10-4-6-11(15)7-5-10/h3-7,9H,1-2H3/b13-3+. The molecular formula is C14H12ClNS2. The third-order valence-corrected chi connectivity index (χ3v) is 5.39. The van der Waals surface area contributed by atoms with Crippen molar-refractivity contribution in [3.63, 3.8) is 0 Å². The van der Waals surface area contributed by atoms with E-state index in [2.05, 4.69) is 13.0 Å². The zero-order valence-corrected chi connectivity index (χ0v) is 12.5. The Morgan fingerprint density at radius 1 is 1.28 bits per heavy atom. The molecule has 1 aromatic rings. The molecule has 1 atom stereocenters. The van der Waals surface area contributed by atoms with E-state index < -0.39 is 0 Å². The van der Waals surface area contributed by atoms with Crippen LogP contribution >= 0.6 is 35.1 Å². The smallest absolute Gasteiger partial charge is 0.101 e. The molecule has 2 rings (SSSR count). The van der Waals surface area contributed by atoms with Gasteiger partial charge in [0, 0.05) is 14.8 Å².